The summed E-state index contributed by atoms with van der Waals surface area (Å²) >= 11 is 6.72. The Balaban J connectivity index is 2.17. The molecule has 1 nitrogen and oxygen atoms in total. The van der Waals surface area contributed by atoms with Crippen molar-refractivity contribution in [2.75, 3.05) is 6.54 Å². The second-order valence-electron chi connectivity index (χ2n) is 5.01. The summed E-state index contributed by atoms with van der Waals surface area (Å²) in [7, 11) is 0. The molecule has 0 amide bonds. The molecule has 106 valence electrons. The highest BCUT2D eigenvalue weighted by molar-refractivity contribution is 6.21. The third-order valence-electron chi connectivity index (χ3n) is 3.46. The Labute approximate surface area is 127 Å². The maximum absolute atomic E-state index is 6.72. The van der Waals surface area contributed by atoms with Crippen LogP contribution >= 0.6 is 11.6 Å². The first kappa shape index (κ1) is 15.1. The highest BCUT2D eigenvalue weighted by Gasteiger charge is 2.21. The minimum absolute atomic E-state index is 0.0598. The lowest BCUT2D eigenvalue weighted by atomic mass is 9.98. The average Bonchev–Trinajstić information content (AvgIpc) is 2.53. The summed E-state index contributed by atoms with van der Waals surface area (Å²) < 4.78 is 0. The van der Waals surface area contributed by atoms with Gasteiger partial charge < -0.3 is 5.32 Å². The molecular weight excluding hydrogens is 266 g/mol. The van der Waals surface area contributed by atoms with Crippen LogP contribution in [-0.4, -0.2) is 6.54 Å². The van der Waals surface area contributed by atoms with Crippen LogP contribution < -0.4 is 5.32 Å². The Kier molecular flexibility index (Phi) is 6.10. The molecule has 0 aliphatic rings. The lowest BCUT2D eigenvalue weighted by molar-refractivity contribution is 0.507. The van der Waals surface area contributed by atoms with Crippen LogP contribution in [-0.2, 0) is 0 Å². The largest absolute Gasteiger partial charge is 0.308 e. The van der Waals surface area contributed by atoms with E-state index in [-0.39, 0.29) is 11.4 Å². The van der Waals surface area contributed by atoms with Crippen molar-refractivity contribution in [1.82, 2.24) is 5.32 Å². The van der Waals surface area contributed by atoms with Crippen LogP contribution in [0, 0.1) is 0 Å². The minimum Gasteiger partial charge on any atom is -0.308 e. The molecule has 0 radical (unpaired) electrons. The lowest BCUT2D eigenvalue weighted by Gasteiger charge is -2.24. The summed E-state index contributed by atoms with van der Waals surface area (Å²) in [4.78, 5) is 0. The van der Waals surface area contributed by atoms with Crippen molar-refractivity contribution < 1.29 is 0 Å². The van der Waals surface area contributed by atoms with Crippen LogP contribution in [0.4, 0.5) is 0 Å². The smallest absolute Gasteiger partial charge is 0.0780 e. The van der Waals surface area contributed by atoms with Gasteiger partial charge >= 0.3 is 0 Å². The summed E-state index contributed by atoms with van der Waals surface area (Å²) in [6.45, 7) is 3.20. The van der Waals surface area contributed by atoms with E-state index in [9.17, 15) is 0 Å². The van der Waals surface area contributed by atoms with E-state index < -0.39 is 0 Å². The van der Waals surface area contributed by atoms with Gasteiger partial charge in [-0.15, -0.1) is 11.6 Å². The molecule has 2 unspecified atom stereocenters. The maximum atomic E-state index is 6.72. The zero-order valence-corrected chi connectivity index (χ0v) is 12.7. The minimum atomic E-state index is -0.0598. The first-order valence-corrected chi connectivity index (χ1v) is 7.74. The number of halogens is 1. The Morgan fingerprint density at radius 2 is 1.45 bits per heavy atom. The van der Waals surface area contributed by atoms with E-state index in [0.717, 1.165) is 12.1 Å². The van der Waals surface area contributed by atoms with E-state index in [1.165, 1.54) is 18.4 Å². The van der Waals surface area contributed by atoms with Gasteiger partial charge in [0.25, 0.3) is 0 Å². The van der Waals surface area contributed by atoms with E-state index in [0.29, 0.717) is 0 Å². The first-order chi connectivity index (χ1) is 9.83. The summed E-state index contributed by atoms with van der Waals surface area (Å²) in [6, 6.07) is 20.9. The number of rotatable bonds is 7. The van der Waals surface area contributed by atoms with Gasteiger partial charge in [-0.3, -0.25) is 0 Å². The molecule has 0 aromatic heterocycles. The molecular formula is C18H22ClN. The molecule has 0 spiro atoms. The number of benzene rings is 2. The monoisotopic (exact) mass is 287 g/mol. The van der Waals surface area contributed by atoms with Gasteiger partial charge in [-0.25, -0.2) is 0 Å². The van der Waals surface area contributed by atoms with Crippen molar-refractivity contribution in [1.29, 1.82) is 0 Å². The highest BCUT2D eigenvalue weighted by Crippen LogP contribution is 2.34. The third-order valence-corrected chi connectivity index (χ3v) is 3.97. The number of alkyl halides is 1. The fourth-order valence-corrected chi connectivity index (χ4v) is 2.69. The van der Waals surface area contributed by atoms with Gasteiger partial charge in [-0.1, -0.05) is 74.0 Å². The van der Waals surface area contributed by atoms with E-state index >= 15 is 0 Å². The summed E-state index contributed by atoms with van der Waals surface area (Å²) in [5.74, 6) is 0. The van der Waals surface area contributed by atoms with Crippen LogP contribution in [0.2, 0.25) is 0 Å². The van der Waals surface area contributed by atoms with Crippen LogP contribution in [0.15, 0.2) is 60.7 Å². The van der Waals surface area contributed by atoms with E-state index in [4.69, 9.17) is 11.6 Å². The maximum Gasteiger partial charge on any atom is 0.0780 e. The van der Waals surface area contributed by atoms with Crippen LogP contribution in [0.1, 0.15) is 42.3 Å². The molecule has 2 atom stereocenters. The molecule has 2 rings (SSSR count). The highest BCUT2D eigenvalue weighted by atomic mass is 35.5. The Morgan fingerprint density at radius 3 is 2.00 bits per heavy atom. The van der Waals surface area contributed by atoms with Crippen molar-refractivity contribution in [3.63, 3.8) is 0 Å². The number of unbranched alkanes of at least 4 members (excludes halogenated alkanes) is 1. The van der Waals surface area contributed by atoms with Crippen molar-refractivity contribution in [3.05, 3.63) is 71.8 Å². The molecule has 0 aliphatic carbocycles. The summed E-state index contributed by atoms with van der Waals surface area (Å²) in [6.07, 6.45) is 2.36. The van der Waals surface area contributed by atoms with Crippen molar-refractivity contribution in [2.24, 2.45) is 0 Å². The second-order valence-corrected chi connectivity index (χ2v) is 5.48. The molecule has 20 heavy (non-hydrogen) atoms. The molecule has 0 saturated heterocycles. The molecule has 0 fully saturated rings. The molecule has 2 aromatic rings. The lowest BCUT2D eigenvalue weighted by Crippen LogP contribution is -2.26. The third kappa shape index (κ3) is 4.09. The Morgan fingerprint density at radius 1 is 0.900 bits per heavy atom. The molecule has 0 heterocycles. The molecule has 1 N–H and O–H groups in total. The Hall–Kier alpha value is -1.31. The average molecular weight is 288 g/mol. The zero-order chi connectivity index (χ0) is 14.2. The normalized spacial score (nSPS) is 13.9. The predicted octanol–water partition coefficient (Wildman–Crippen LogP) is 5.10. The number of hydrogen-bond donors (Lipinski definition) is 1. The molecule has 0 bridgehead atoms. The van der Waals surface area contributed by atoms with E-state index in [1.54, 1.807) is 0 Å². The van der Waals surface area contributed by atoms with Crippen molar-refractivity contribution in [3.8, 4) is 0 Å². The SMILES string of the molecule is CCCCNC(c1ccccc1)C(Cl)c1ccccc1. The van der Waals surface area contributed by atoms with Crippen LogP contribution in [0.25, 0.3) is 0 Å². The summed E-state index contributed by atoms with van der Waals surface area (Å²) in [5.41, 5.74) is 2.40. The van der Waals surface area contributed by atoms with Gasteiger partial charge in [-0.2, -0.15) is 0 Å². The van der Waals surface area contributed by atoms with Crippen LogP contribution in [0.3, 0.4) is 0 Å². The fraction of sp³-hybridized carbons (Fsp3) is 0.333. The number of hydrogen-bond acceptors (Lipinski definition) is 1. The van der Waals surface area contributed by atoms with E-state index in [1.807, 2.05) is 24.3 Å². The molecule has 0 saturated carbocycles. The Bertz CT molecular complexity index is 483. The first-order valence-electron chi connectivity index (χ1n) is 7.30. The molecule has 2 aromatic carbocycles. The quantitative estimate of drug-likeness (QED) is 0.552. The second kappa shape index (κ2) is 8.08. The van der Waals surface area contributed by atoms with Crippen molar-refractivity contribution >= 4 is 11.6 Å². The van der Waals surface area contributed by atoms with Crippen molar-refractivity contribution in [2.45, 2.75) is 31.2 Å². The van der Waals surface area contributed by atoms with E-state index in [2.05, 4.69) is 48.6 Å². The van der Waals surface area contributed by atoms with Gasteiger partial charge in [0.1, 0.15) is 0 Å². The van der Waals surface area contributed by atoms with Gasteiger partial charge in [-0.05, 0) is 24.1 Å². The predicted molar refractivity (Wildman–Crippen MR) is 87.1 cm³/mol. The van der Waals surface area contributed by atoms with Gasteiger partial charge in [0.15, 0.2) is 0 Å². The standard InChI is InChI=1S/C18H22ClN/c1-2-3-14-20-18(16-12-8-5-9-13-16)17(19)15-10-6-4-7-11-15/h4-13,17-18,20H,2-3,14H2,1H3. The summed E-state index contributed by atoms with van der Waals surface area (Å²) in [5, 5.41) is 3.54. The topological polar surface area (TPSA) is 12.0 Å². The van der Waals surface area contributed by atoms with Gasteiger partial charge in [0.05, 0.1) is 11.4 Å². The zero-order valence-electron chi connectivity index (χ0n) is 11.9. The number of nitrogens with one attached hydrogen (secondary N) is 1. The fourth-order valence-electron chi connectivity index (χ4n) is 2.31. The van der Waals surface area contributed by atoms with Gasteiger partial charge in [0, 0.05) is 0 Å². The van der Waals surface area contributed by atoms with Gasteiger partial charge in [0.2, 0.25) is 0 Å². The van der Waals surface area contributed by atoms with Crippen LogP contribution in [0.5, 0.6) is 0 Å². The molecule has 0 aliphatic heterocycles. The molecule has 2 heteroatoms.